The van der Waals surface area contributed by atoms with Crippen molar-refractivity contribution in [2.45, 2.75) is 26.7 Å². The third-order valence-corrected chi connectivity index (χ3v) is 3.97. The molecule has 2 rings (SSSR count). The SMILES string of the molecule is COC(=O)C1CCCN(C(=O)c2c(C)nn(C)c2C)C1. The van der Waals surface area contributed by atoms with E-state index in [4.69, 9.17) is 4.74 Å². The van der Waals surface area contributed by atoms with Crippen LogP contribution in [0.15, 0.2) is 0 Å². The lowest BCUT2D eigenvalue weighted by Gasteiger charge is -2.31. The van der Waals surface area contributed by atoms with E-state index in [1.807, 2.05) is 20.9 Å². The number of aromatic nitrogens is 2. The summed E-state index contributed by atoms with van der Waals surface area (Å²) in [6, 6.07) is 0. The molecule has 1 unspecified atom stereocenters. The highest BCUT2D eigenvalue weighted by Gasteiger charge is 2.31. The van der Waals surface area contributed by atoms with Gasteiger partial charge in [-0.1, -0.05) is 0 Å². The lowest BCUT2D eigenvalue weighted by Crippen LogP contribution is -2.43. The number of hydrogen-bond acceptors (Lipinski definition) is 4. The zero-order chi connectivity index (χ0) is 14.9. The fraction of sp³-hybridized carbons (Fsp3) is 0.643. The molecule has 0 spiro atoms. The van der Waals surface area contributed by atoms with Crippen LogP contribution < -0.4 is 0 Å². The van der Waals surface area contributed by atoms with Crippen LogP contribution in [0, 0.1) is 19.8 Å². The molecule has 1 atom stereocenters. The molecule has 1 aromatic rings. The van der Waals surface area contributed by atoms with Crippen molar-refractivity contribution < 1.29 is 14.3 Å². The second-order valence-electron chi connectivity index (χ2n) is 5.28. The first-order chi connectivity index (χ1) is 9.45. The Labute approximate surface area is 118 Å². The predicted octanol–water partition coefficient (Wildman–Crippen LogP) is 1.06. The summed E-state index contributed by atoms with van der Waals surface area (Å²) in [5.74, 6) is -0.487. The van der Waals surface area contributed by atoms with Crippen molar-refractivity contribution in [1.29, 1.82) is 0 Å². The van der Waals surface area contributed by atoms with Gasteiger partial charge in [0.15, 0.2) is 0 Å². The first kappa shape index (κ1) is 14.6. The molecule has 2 heterocycles. The molecule has 0 saturated carbocycles. The number of aryl methyl sites for hydroxylation is 2. The monoisotopic (exact) mass is 279 g/mol. The van der Waals surface area contributed by atoms with Crippen molar-refractivity contribution in [2.24, 2.45) is 13.0 Å². The molecule has 1 fully saturated rings. The van der Waals surface area contributed by atoms with Crippen molar-refractivity contribution in [3.8, 4) is 0 Å². The molecule has 20 heavy (non-hydrogen) atoms. The highest BCUT2D eigenvalue weighted by Crippen LogP contribution is 2.22. The van der Waals surface area contributed by atoms with Gasteiger partial charge in [0.05, 0.1) is 24.3 Å². The molecule has 0 aromatic carbocycles. The number of carbonyl (C=O) groups excluding carboxylic acids is 2. The first-order valence-electron chi connectivity index (χ1n) is 6.83. The van der Waals surface area contributed by atoms with Crippen molar-refractivity contribution in [1.82, 2.24) is 14.7 Å². The summed E-state index contributed by atoms with van der Waals surface area (Å²) < 4.78 is 6.49. The topological polar surface area (TPSA) is 64.4 Å². The number of ether oxygens (including phenoxy) is 1. The number of methoxy groups -OCH3 is 1. The Morgan fingerprint density at radius 2 is 2.05 bits per heavy atom. The standard InChI is InChI=1S/C14H21N3O3/c1-9-12(10(2)16(3)15-9)13(18)17-7-5-6-11(8-17)14(19)20-4/h11H,5-8H2,1-4H3. The molecule has 6 heteroatoms. The largest absolute Gasteiger partial charge is 0.469 e. The lowest BCUT2D eigenvalue weighted by molar-refractivity contribution is -0.146. The molecular formula is C14H21N3O3. The third-order valence-electron chi connectivity index (χ3n) is 3.97. The van der Waals surface area contributed by atoms with E-state index in [1.54, 1.807) is 9.58 Å². The summed E-state index contributed by atoms with van der Waals surface area (Å²) in [5, 5.41) is 4.27. The maximum Gasteiger partial charge on any atom is 0.310 e. The van der Waals surface area contributed by atoms with Gasteiger partial charge in [0.2, 0.25) is 0 Å². The highest BCUT2D eigenvalue weighted by molar-refractivity contribution is 5.96. The Bertz CT molecular complexity index is 536. The van der Waals surface area contributed by atoms with E-state index in [1.165, 1.54) is 7.11 Å². The fourth-order valence-corrected chi connectivity index (χ4v) is 2.76. The molecule has 1 saturated heterocycles. The summed E-state index contributed by atoms with van der Waals surface area (Å²) in [7, 11) is 3.21. The predicted molar refractivity (Wildman–Crippen MR) is 73.3 cm³/mol. The molecular weight excluding hydrogens is 258 g/mol. The van der Waals surface area contributed by atoms with Crippen molar-refractivity contribution in [2.75, 3.05) is 20.2 Å². The Hall–Kier alpha value is -1.85. The van der Waals surface area contributed by atoms with Gasteiger partial charge in [-0.2, -0.15) is 5.10 Å². The van der Waals surface area contributed by atoms with Crippen LogP contribution >= 0.6 is 0 Å². The van der Waals surface area contributed by atoms with Crippen molar-refractivity contribution >= 4 is 11.9 Å². The summed E-state index contributed by atoms with van der Waals surface area (Å²) in [6.45, 7) is 4.83. The van der Waals surface area contributed by atoms with Crippen LogP contribution in [0.25, 0.3) is 0 Å². The number of esters is 1. The van der Waals surface area contributed by atoms with E-state index in [2.05, 4.69) is 5.10 Å². The van der Waals surface area contributed by atoms with Crippen LogP contribution in [0.4, 0.5) is 0 Å². The molecule has 110 valence electrons. The van der Waals surface area contributed by atoms with Crippen LogP contribution in [0.1, 0.15) is 34.6 Å². The summed E-state index contributed by atoms with van der Waals surface area (Å²) in [4.78, 5) is 26.0. The number of nitrogens with zero attached hydrogens (tertiary/aromatic N) is 3. The fourth-order valence-electron chi connectivity index (χ4n) is 2.76. The van der Waals surface area contributed by atoms with Crippen LogP contribution in [0.2, 0.25) is 0 Å². The van der Waals surface area contributed by atoms with E-state index in [9.17, 15) is 9.59 Å². The van der Waals surface area contributed by atoms with Gasteiger partial charge in [-0.15, -0.1) is 0 Å². The van der Waals surface area contributed by atoms with Gasteiger partial charge < -0.3 is 9.64 Å². The Morgan fingerprint density at radius 3 is 2.60 bits per heavy atom. The van der Waals surface area contributed by atoms with Gasteiger partial charge in [-0.05, 0) is 26.7 Å². The van der Waals surface area contributed by atoms with E-state index in [-0.39, 0.29) is 17.8 Å². The second-order valence-corrected chi connectivity index (χ2v) is 5.28. The van der Waals surface area contributed by atoms with Crippen LogP contribution in [0.3, 0.4) is 0 Å². The Balaban J connectivity index is 2.18. The average Bonchev–Trinajstić information content (AvgIpc) is 2.70. The zero-order valence-corrected chi connectivity index (χ0v) is 12.5. The first-order valence-corrected chi connectivity index (χ1v) is 6.83. The van der Waals surface area contributed by atoms with E-state index in [0.29, 0.717) is 18.7 Å². The number of piperidine rings is 1. The minimum absolute atomic E-state index is 0.0401. The average molecular weight is 279 g/mol. The van der Waals surface area contributed by atoms with Gasteiger partial charge in [-0.3, -0.25) is 14.3 Å². The van der Waals surface area contributed by atoms with Crippen LogP contribution in [-0.2, 0) is 16.6 Å². The number of hydrogen-bond donors (Lipinski definition) is 0. The number of likely N-dealkylation sites (tertiary alicyclic amines) is 1. The molecule has 1 aliphatic rings. The maximum absolute atomic E-state index is 12.6. The number of carbonyl (C=O) groups is 2. The molecule has 1 amide bonds. The quantitative estimate of drug-likeness (QED) is 0.759. The molecule has 1 aromatic heterocycles. The molecule has 0 radical (unpaired) electrons. The third kappa shape index (κ3) is 2.55. The Morgan fingerprint density at radius 1 is 1.35 bits per heavy atom. The lowest BCUT2D eigenvalue weighted by atomic mass is 9.97. The minimum atomic E-state index is -0.234. The minimum Gasteiger partial charge on any atom is -0.469 e. The Kier molecular flexibility index (Phi) is 4.11. The maximum atomic E-state index is 12.6. The van der Waals surface area contributed by atoms with Gasteiger partial charge >= 0.3 is 5.97 Å². The molecule has 6 nitrogen and oxygen atoms in total. The second kappa shape index (κ2) is 5.64. The number of rotatable bonds is 2. The smallest absolute Gasteiger partial charge is 0.310 e. The van der Waals surface area contributed by atoms with E-state index >= 15 is 0 Å². The van der Waals surface area contributed by atoms with Gasteiger partial charge in [0.25, 0.3) is 5.91 Å². The van der Waals surface area contributed by atoms with Crippen molar-refractivity contribution in [3.63, 3.8) is 0 Å². The van der Waals surface area contributed by atoms with Gasteiger partial charge in [0.1, 0.15) is 0 Å². The number of amides is 1. The van der Waals surface area contributed by atoms with E-state index < -0.39 is 0 Å². The summed E-state index contributed by atoms with van der Waals surface area (Å²) in [5.41, 5.74) is 2.24. The zero-order valence-electron chi connectivity index (χ0n) is 12.5. The van der Waals surface area contributed by atoms with Crippen molar-refractivity contribution in [3.05, 3.63) is 17.0 Å². The molecule has 0 aliphatic carbocycles. The molecule has 0 bridgehead atoms. The van der Waals surface area contributed by atoms with Crippen LogP contribution in [-0.4, -0.2) is 46.8 Å². The molecule has 0 N–H and O–H groups in total. The highest BCUT2D eigenvalue weighted by atomic mass is 16.5. The summed E-state index contributed by atoms with van der Waals surface area (Å²) >= 11 is 0. The molecule has 1 aliphatic heterocycles. The van der Waals surface area contributed by atoms with Crippen LogP contribution in [0.5, 0.6) is 0 Å². The van der Waals surface area contributed by atoms with E-state index in [0.717, 1.165) is 24.2 Å². The summed E-state index contributed by atoms with van der Waals surface area (Å²) in [6.07, 6.45) is 1.60. The van der Waals surface area contributed by atoms with Gasteiger partial charge in [0, 0.05) is 25.8 Å². The van der Waals surface area contributed by atoms with Gasteiger partial charge in [-0.25, -0.2) is 0 Å². The normalized spacial score (nSPS) is 19.0.